The van der Waals surface area contributed by atoms with Gasteiger partial charge in [0.25, 0.3) is 0 Å². The summed E-state index contributed by atoms with van der Waals surface area (Å²) < 4.78 is 5.53. The van der Waals surface area contributed by atoms with Crippen LogP contribution in [0.25, 0.3) is 0 Å². The highest BCUT2D eigenvalue weighted by atomic mass is 16.5. The first kappa shape index (κ1) is 13.3. The Morgan fingerprint density at radius 1 is 1.20 bits per heavy atom. The van der Waals surface area contributed by atoms with Gasteiger partial charge < -0.3 is 9.84 Å². The lowest BCUT2D eigenvalue weighted by molar-refractivity contribution is 0.332. The first-order chi connectivity index (χ1) is 9.59. The molecule has 4 nitrogen and oxygen atoms in total. The summed E-state index contributed by atoms with van der Waals surface area (Å²) in [6, 6.07) is 10.3. The minimum Gasteiger partial charge on any atom is -0.339 e. The van der Waals surface area contributed by atoms with Crippen molar-refractivity contribution < 1.29 is 4.52 Å². The fraction of sp³-hybridized carbons (Fsp3) is 0.500. The van der Waals surface area contributed by atoms with Gasteiger partial charge in [-0.25, -0.2) is 0 Å². The van der Waals surface area contributed by atoms with Crippen molar-refractivity contribution in [1.29, 1.82) is 0 Å². The van der Waals surface area contributed by atoms with E-state index in [1.807, 2.05) is 18.2 Å². The summed E-state index contributed by atoms with van der Waals surface area (Å²) in [5, 5.41) is 7.60. The van der Waals surface area contributed by atoms with Gasteiger partial charge in [0.15, 0.2) is 5.82 Å². The molecule has 0 saturated carbocycles. The molecule has 0 bridgehead atoms. The number of nitrogens with zero attached hydrogens (tertiary/aromatic N) is 2. The van der Waals surface area contributed by atoms with E-state index in [0.29, 0.717) is 11.8 Å². The number of aromatic nitrogens is 2. The zero-order chi connectivity index (χ0) is 14.2. The fourth-order valence-electron chi connectivity index (χ4n) is 2.76. The molecule has 1 aliphatic rings. The van der Waals surface area contributed by atoms with Gasteiger partial charge in [-0.15, -0.1) is 0 Å². The molecule has 0 aliphatic carbocycles. The number of rotatable bonds is 3. The van der Waals surface area contributed by atoms with Crippen molar-refractivity contribution in [2.75, 3.05) is 13.1 Å². The van der Waals surface area contributed by atoms with Crippen LogP contribution in [0.1, 0.15) is 44.0 Å². The van der Waals surface area contributed by atoms with Crippen molar-refractivity contribution in [2.24, 2.45) is 5.92 Å². The lowest BCUT2D eigenvalue weighted by Gasteiger charge is -2.20. The summed E-state index contributed by atoms with van der Waals surface area (Å²) in [4.78, 5) is 4.67. The second kappa shape index (κ2) is 5.02. The lowest BCUT2D eigenvalue weighted by atomic mass is 9.84. The minimum atomic E-state index is -0.238. The monoisotopic (exact) mass is 271 g/mol. The van der Waals surface area contributed by atoms with Gasteiger partial charge >= 0.3 is 0 Å². The Hall–Kier alpha value is -1.68. The van der Waals surface area contributed by atoms with Gasteiger partial charge in [-0.1, -0.05) is 42.4 Å². The predicted molar refractivity (Wildman–Crippen MR) is 77.6 cm³/mol. The second-order valence-electron chi connectivity index (χ2n) is 6.19. The van der Waals surface area contributed by atoms with E-state index < -0.39 is 0 Å². The van der Waals surface area contributed by atoms with E-state index in [9.17, 15) is 0 Å². The molecule has 2 aromatic rings. The molecule has 1 aromatic heterocycles. The standard InChI is InChI=1S/C16H21N3O/c1-11-9-17-10-13(11)14-18-15(19-20-14)16(2,3)12-7-5-4-6-8-12/h4-8,11,13,17H,9-10H2,1-3H3. The van der Waals surface area contributed by atoms with E-state index in [2.05, 4.69) is 48.4 Å². The summed E-state index contributed by atoms with van der Waals surface area (Å²) in [5.41, 5.74) is 0.961. The van der Waals surface area contributed by atoms with Crippen LogP contribution < -0.4 is 5.32 Å². The Bertz CT molecular complexity index is 576. The highest BCUT2D eigenvalue weighted by Gasteiger charge is 2.33. The fourth-order valence-corrected chi connectivity index (χ4v) is 2.76. The average Bonchev–Trinajstić information content (AvgIpc) is 3.08. The summed E-state index contributed by atoms with van der Waals surface area (Å²) in [6.07, 6.45) is 0. The van der Waals surface area contributed by atoms with Crippen LogP contribution in [0.3, 0.4) is 0 Å². The Balaban J connectivity index is 1.90. The van der Waals surface area contributed by atoms with E-state index in [-0.39, 0.29) is 5.41 Å². The molecule has 0 radical (unpaired) electrons. The topological polar surface area (TPSA) is 51.0 Å². The van der Waals surface area contributed by atoms with Crippen LogP contribution in [0, 0.1) is 5.92 Å². The van der Waals surface area contributed by atoms with Gasteiger partial charge in [0.05, 0.1) is 11.3 Å². The second-order valence-corrected chi connectivity index (χ2v) is 6.19. The third-order valence-electron chi connectivity index (χ3n) is 4.33. The number of hydrogen-bond acceptors (Lipinski definition) is 4. The third-order valence-corrected chi connectivity index (χ3v) is 4.33. The van der Waals surface area contributed by atoms with Crippen molar-refractivity contribution >= 4 is 0 Å². The molecule has 2 atom stereocenters. The van der Waals surface area contributed by atoms with E-state index in [0.717, 1.165) is 24.8 Å². The van der Waals surface area contributed by atoms with Gasteiger partial charge in [0.1, 0.15) is 0 Å². The van der Waals surface area contributed by atoms with Crippen LogP contribution >= 0.6 is 0 Å². The summed E-state index contributed by atoms with van der Waals surface area (Å²) in [6.45, 7) is 8.43. The van der Waals surface area contributed by atoms with Crippen LogP contribution in [0.15, 0.2) is 34.9 Å². The van der Waals surface area contributed by atoms with Crippen molar-refractivity contribution in [3.8, 4) is 0 Å². The maximum atomic E-state index is 5.53. The number of hydrogen-bond donors (Lipinski definition) is 1. The first-order valence-corrected chi connectivity index (χ1v) is 7.19. The Morgan fingerprint density at radius 3 is 2.60 bits per heavy atom. The molecule has 3 rings (SSSR count). The molecule has 20 heavy (non-hydrogen) atoms. The average molecular weight is 271 g/mol. The largest absolute Gasteiger partial charge is 0.339 e. The Morgan fingerprint density at radius 2 is 1.95 bits per heavy atom. The molecule has 4 heteroatoms. The minimum absolute atomic E-state index is 0.238. The summed E-state index contributed by atoms with van der Waals surface area (Å²) in [5.74, 6) is 2.41. The van der Waals surface area contributed by atoms with Gasteiger partial charge in [-0.05, 0) is 31.9 Å². The normalized spacial score (nSPS) is 23.1. The Kier molecular flexibility index (Phi) is 3.34. The van der Waals surface area contributed by atoms with Gasteiger partial charge in [0.2, 0.25) is 5.89 Å². The SMILES string of the molecule is CC1CNCC1c1nc(C(C)(C)c2ccccc2)no1. The van der Waals surface area contributed by atoms with Crippen LogP contribution in [-0.2, 0) is 5.41 Å². The maximum absolute atomic E-state index is 5.53. The van der Waals surface area contributed by atoms with Crippen molar-refractivity contribution in [2.45, 2.75) is 32.1 Å². The number of benzene rings is 1. The van der Waals surface area contributed by atoms with Crippen LogP contribution in [-0.4, -0.2) is 23.2 Å². The smallest absolute Gasteiger partial charge is 0.231 e. The third kappa shape index (κ3) is 2.24. The van der Waals surface area contributed by atoms with Crippen LogP contribution in [0.4, 0.5) is 0 Å². The highest BCUT2D eigenvalue weighted by molar-refractivity contribution is 5.30. The molecule has 1 N–H and O–H groups in total. The predicted octanol–water partition coefficient (Wildman–Crippen LogP) is 2.72. The zero-order valence-corrected chi connectivity index (χ0v) is 12.3. The molecule has 2 heterocycles. The summed E-state index contributed by atoms with van der Waals surface area (Å²) >= 11 is 0. The van der Waals surface area contributed by atoms with E-state index >= 15 is 0 Å². The number of nitrogens with one attached hydrogen (secondary N) is 1. The maximum Gasteiger partial charge on any atom is 0.231 e. The lowest BCUT2D eigenvalue weighted by Crippen LogP contribution is -2.21. The molecule has 0 spiro atoms. The zero-order valence-electron chi connectivity index (χ0n) is 12.3. The molecular formula is C16H21N3O. The van der Waals surface area contributed by atoms with Crippen LogP contribution in [0.5, 0.6) is 0 Å². The molecule has 0 amide bonds. The van der Waals surface area contributed by atoms with E-state index in [1.165, 1.54) is 5.56 Å². The quantitative estimate of drug-likeness (QED) is 0.932. The molecule has 106 valence electrons. The van der Waals surface area contributed by atoms with Crippen molar-refractivity contribution in [1.82, 2.24) is 15.5 Å². The highest BCUT2D eigenvalue weighted by Crippen LogP contribution is 2.32. The molecule has 2 unspecified atom stereocenters. The van der Waals surface area contributed by atoms with E-state index in [1.54, 1.807) is 0 Å². The molecular weight excluding hydrogens is 250 g/mol. The molecule has 1 aromatic carbocycles. The van der Waals surface area contributed by atoms with Crippen molar-refractivity contribution in [3.63, 3.8) is 0 Å². The first-order valence-electron chi connectivity index (χ1n) is 7.19. The summed E-state index contributed by atoms with van der Waals surface area (Å²) in [7, 11) is 0. The van der Waals surface area contributed by atoms with Gasteiger partial charge in [0, 0.05) is 6.54 Å². The molecule has 1 aliphatic heterocycles. The van der Waals surface area contributed by atoms with Crippen molar-refractivity contribution in [3.05, 3.63) is 47.6 Å². The van der Waals surface area contributed by atoms with E-state index in [4.69, 9.17) is 4.52 Å². The van der Waals surface area contributed by atoms with Crippen LogP contribution in [0.2, 0.25) is 0 Å². The Labute approximate surface area is 119 Å². The van der Waals surface area contributed by atoms with Gasteiger partial charge in [-0.3, -0.25) is 0 Å². The van der Waals surface area contributed by atoms with Gasteiger partial charge in [-0.2, -0.15) is 4.98 Å². The molecule has 1 fully saturated rings. The molecule has 1 saturated heterocycles.